The van der Waals surface area contributed by atoms with Gasteiger partial charge in [-0.15, -0.1) is 0 Å². The molecule has 0 aromatic rings. The Kier molecular flexibility index (Phi) is 5.37. The first-order chi connectivity index (χ1) is 10.7. The third-order valence-corrected chi connectivity index (χ3v) is 11.7. The molecule has 0 N–H and O–H groups in total. The van der Waals surface area contributed by atoms with Crippen LogP contribution in [0.5, 0.6) is 0 Å². The first-order valence-corrected chi connectivity index (χ1v) is 12.6. The van der Waals surface area contributed by atoms with Crippen LogP contribution in [0.15, 0.2) is 11.3 Å². The van der Waals surface area contributed by atoms with Crippen LogP contribution in [-0.2, 0) is 4.43 Å². The molecule has 3 unspecified atom stereocenters. The highest BCUT2D eigenvalue weighted by Crippen LogP contribution is 2.53. The summed E-state index contributed by atoms with van der Waals surface area (Å²) in [6.45, 7) is 7.13. The van der Waals surface area contributed by atoms with Crippen molar-refractivity contribution in [1.82, 2.24) is 0 Å². The summed E-state index contributed by atoms with van der Waals surface area (Å²) < 4.78 is 7.08. The maximum atomic E-state index is 7.08. The van der Waals surface area contributed by atoms with Crippen molar-refractivity contribution >= 4 is 8.32 Å². The van der Waals surface area contributed by atoms with Gasteiger partial charge in [-0.05, 0) is 80.5 Å². The second kappa shape index (κ2) is 7.11. The third kappa shape index (κ3) is 3.18. The van der Waals surface area contributed by atoms with E-state index >= 15 is 0 Å². The van der Waals surface area contributed by atoms with Crippen molar-refractivity contribution < 1.29 is 4.43 Å². The van der Waals surface area contributed by atoms with Crippen LogP contribution in [-0.4, -0.2) is 8.32 Å². The molecule has 2 heteroatoms. The van der Waals surface area contributed by atoms with Gasteiger partial charge in [0, 0.05) is 5.92 Å². The molecule has 0 heterocycles. The zero-order valence-corrected chi connectivity index (χ0v) is 16.1. The first-order valence-electron chi connectivity index (χ1n) is 10.1. The van der Waals surface area contributed by atoms with E-state index in [2.05, 4.69) is 20.8 Å². The molecule has 3 aliphatic rings. The van der Waals surface area contributed by atoms with Gasteiger partial charge in [0.2, 0.25) is 8.32 Å². The zero-order valence-electron chi connectivity index (χ0n) is 15.1. The maximum Gasteiger partial charge on any atom is 0.250 e. The van der Waals surface area contributed by atoms with Crippen molar-refractivity contribution in [3.8, 4) is 0 Å². The van der Waals surface area contributed by atoms with E-state index in [1.54, 1.807) is 11.3 Å². The highest BCUT2D eigenvalue weighted by Gasteiger charge is 2.44. The highest BCUT2D eigenvalue weighted by molar-refractivity contribution is 6.73. The second-order valence-electron chi connectivity index (χ2n) is 8.16. The molecule has 3 saturated carbocycles. The van der Waals surface area contributed by atoms with Crippen molar-refractivity contribution in [2.24, 2.45) is 17.8 Å². The van der Waals surface area contributed by atoms with Gasteiger partial charge in [-0.25, -0.2) is 0 Å². The minimum absolute atomic E-state index is 0.809. The van der Waals surface area contributed by atoms with Crippen LogP contribution in [0.1, 0.15) is 78.6 Å². The van der Waals surface area contributed by atoms with Gasteiger partial charge in [0.15, 0.2) is 0 Å². The predicted octanol–water partition coefficient (Wildman–Crippen LogP) is 6.66. The fourth-order valence-electron chi connectivity index (χ4n) is 5.40. The van der Waals surface area contributed by atoms with Crippen molar-refractivity contribution in [2.75, 3.05) is 0 Å². The van der Waals surface area contributed by atoms with E-state index in [0.29, 0.717) is 0 Å². The number of fused-ring (bicyclic) bond motifs is 2. The van der Waals surface area contributed by atoms with Crippen LogP contribution >= 0.6 is 0 Å². The van der Waals surface area contributed by atoms with Crippen LogP contribution < -0.4 is 0 Å². The average Bonchev–Trinajstić information content (AvgIpc) is 3.21. The van der Waals surface area contributed by atoms with E-state index in [0.717, 1.165) is 17.8 Å². The fourth-order valence-corrected chi connectivity index (χ4v) is 8.10. The standard InChI is InChI=1S/C20H36OSi/c1-4-22(5-2,6-3)21-20(17-10-8-7-9-11-17)19-15-16-12-13-18(19)14-16/h16,18-19H,4-15H2,1-3H3. The van der Waals surface area contributed by atoms with Crippen LogP contribution in [0.2, 0.25) is 18.1 Å². The normalized spacial score (nSPS) is 31.6. The monoisotopic (exact) mass is 320 g/mol. The fraction of sp³-hybridized carbons (Fsp3) is 0.900. The average molecular weight is 321 g/mol. The van der Waals surface area contributed by atoms with Crippen LogP contribution in [0.25, 0.3) is 0 Å². The van der Waals surface area contributed by atoms with Crippen LogP contribution in [0, 0.1) is 17.8 Å². The van der Waals surface area contributed by atoms with Gasteiger partial charge in [-0.3, -0.25) is 0 Å². The lowest BCUT2D eigenvalue weighted by atomic mass is 9.83. The molecule has 3 aliphatic carbocycles. The predicted molar refractivity (Wildman–Crippen MR) is 97.3 cm³/mol. The van der Waals surface area contributed by atoms with Crippen molar-refractivity contribution in [3.63, 3.8) is 0 Å². The lowest BCUT2D eigenvalue weighted by Crippen LogP contribution is -2.37. The second-order valence-corrected chi connectivity index (χ2v) is 12.8. The number of hydrogen-bond acceptors (Lipinski definition) is 1. The van der Waals surface area contributed by atoms with Gasteiger partial charge in [-0.1, -0.05) is 33.6 Å². The van der Waals surface area contributed by atoms with Gasteiger partial charge < -0.3 is 4.43 Å². The summed E-state index contributed by atoms with van der Waals surface area (Å²) in [5, 5.41) is 0. The molecular formula is C20H36OSi. The molecule has 3 fully saturated rings. The van der Waals surface area contributed by atoms with Crippen molar-refractivity contribution in [2.45, 2.75) is 96.7 Å². The molecule has 3 atom stereocenters. The molecular weight excluding hydrogens is 284 g/mol. The largest absolute Gasteiger partial charge is 0.546 e. The van der Waals surface area contributed by atoms with E-state index in [1.165, 1.54) is 75.9 Å². The van der Waals surface area contributed by atoms with E-state index in [9.17, 15) is 0 Å². The number of allylic oxidation sites excluding steroid dienone is 2. The van der Waals surface area contributed by atoms with Gasteiger partial charge in [-0.2, -0.15) is 0 Å². The van der Waals surface area contributed by atoms with Crippen molar-refractivity contribution in [3.05, 3.63) is 11.3 Å². The molecule has 126 valence electrons. The number of hydrogen-bond donors (Lipinski definition) is 0. The first kappa shape index (κ1) is 16.6. The maximum absolute atomic E-state index is 7.08. The Balaban J connectivity index is 1.86. The quantitative estimate of drug-likeness (QED) is 0.392. The highest BCUT2D eigenvalue weighted by atomic mass is 28.4. The Morgan fingerprint density at radius 1 is 0.955 bits per heavy atom. The summed E-state index contributed by atoms with van der Waals surface area (Å²) in [7, 11) is -1.52. The molecule has 0 radical (unpaired) electrons. The minimum atomic E-state index is -1.52. The molecule has 22 heavy (non-hydrogen) atoms. The molecule has 0 spiro atoms. The summed E-state index contributed by atoms with van der Waals surface area (Å²) >= 11 is 0. The van der Waals surface area contributed by atoms with Gasteiger partial charge >= 0.3 is 0 Å². The molecule has 0 saturated heterocycles. The zero-order chi connectivity index (χ0) is 15.6. The van der Waals surface area contributed by atoms with E-state index in [4.69, 9.17) is 4.43 Å². The van der Waals surface area contributed by atoms with Gasteiger partial charge in [0.1, 0.15) is 0 Å². The molecule has 0 amide bonds. The summed E-state index contributed by atoms with van der Waals surface area (Å²) in [6.07, 6.45) is 12.9. The Labute approximate surface area is 139 Å². The Bertz CT molecular complexity index is 394. The SMILES string of the molecule is CC[Si](CC)(CC)OC(=C1CCCCC1)C1CC2CCC1C2. The summed E-state index contributed by atoms with van der Waals surface area (Å²) in [6, 6.07) is 3.87. The van der Waals surface area contributed by atoms with Crippen LogP contribution in [0.3, 0.4) is 0 Å². The minimum Gasteiger partial charge on any atom is -0.546 e. The summed E-state index contributed by atoms with van der Waals surface area (Å²) in [5.74, 6) is 4.36. The third-order valence-electron chi connectivity index (χ3n) is 7.14. The number of rotatable bonds is 6. The topological polar surface area (TPSA) is 9.23 Å². The van der Waals surface area contributed by atoms with E-state index < -0.39 is 8.32 Å². The summed E-state index contributed by atoms with van der Waals surface area (Å²) in [5.41, 5.74) is 1.75. The van der Waals surface area contributed by atoms with Crippen molar-refractivity contribution in [1.29, 1.82) is 0 Å². The molecule has 0 aromatic carbocycles. The van der Waals surface area contributed by atoms with E-state index in [-0.39, 0.29) is 0 Å². The lowest BCUT2D eigenvalue weighted by Gasteiger charge is -2.37. The molecule has 0 aliphatic heterocycles. The molecule has 1 nitrogen and oxygen atoms in total. The summed E-state index contributed by atoms with van der Waals surface area (Å²) in [4.78, 5) is 0. The smallest absolute Gasteiger partial charge is 0.250 e. The molecule has 2 bridgehead atoms. The van der Waals surface area contributed by atoms with E-state index in [1.807, 2.05) is 0 Å². The molecule has 3 rings (SSSR count). The Morgan fingerprint density at radius 3 is 2.14 bits per heavy atom. The Hall–Kier alpha value is -0.243. The lowest BCUT2D eigenvalue weighted by molar-refractivity contribution is 0.254. The van der Waals surface area contributed by atoms with Crippen LogP contribution in [0.4, 0.5) is 0 Å². The Morgan fingerprint density at radius 2 is 1.64 bits per heavy atom. The molecule has 0 aromatic heterocycles. The van der Waals surface area contributed by atoms with Gasteiger partial charge in [0.25, 0.3) is 0 Å². The van der Waals surface area contributed by atoms with Gasteiger partial charge in [0.05, 0.1) is 5.76 Å².